The molecule has 0 radical (unpaired) electrons. The Labute approximate surface area is 83.3 Å². The fraction of sp³-hybridized carbons (Fsp3) is 0. The van der Waals surface area contributed by atoms with Gasteiger partial charge in [-0.2, -0.15) is 0 Å². The smallest absolute Gasteiger partial charge is 0.190 e. The van der Waals surface area contributed by atoms with Gasteiger partial charge in [0.05, 0.1) is 0 Å². The van der Waals surface area contributed by atoms with Gasteiger partial charge in [-0.15, -0.1) is 0 Å². The Balaban J connectivity index is 2.90. The Bertz CT molecular complexity index is 508. The topological polar surface area (TPSA) is 57.5 Å². The standard InChI is InChI=1S/C10H8O3S/c11-9-6-5-7-3-1-2-4-8(7)10(9)14(12)13/h1-6,11H,(H,12,13). The Kier molecular flexibility index (Phi) is 2.23. The number of aromatic hydroxyl groups is 1. The van der Waals surface area contributed by atoms with Gasteiger partial charge in [-0.1, -0.05) is 30.3 Å². The number of phenols is 1. The monoisotopic (exact) mass is 208 g/mol. The van der Waals surface area contributed by atoms with Gasteiger partial charge in [-0.05, 0) is 11.5 Å². The van der Waals surface area contributed by atoms with Crippen molar-refractivity contribution in [3.05, 3.63) is 36.4 Å². The van der Waals surface area contributed by atoms with Crippen LogP contribution in [0.1, 0.15) is 0 Å². The van der Waals surface area contributed by atoms with E-state index in [1.165, 1.54) is 6.07 Å². The molecule has 2 rings (SSSR count). The lowest BCUT2D eigenvalue weighted by Crippen LogP contribution is -1.90. The summed E-state index contributed by atoms with van der Waals surface area (Å²) >= 11 is -2.17. The average molecular weight is 208 g/mol. The van der Waals surface area contributed by atoms with Gasteiger partial charge in [0, 0.05) is 5.39 Å². The van der Waals surface area contributed by atoms with E-state index in [4.69, 9.17) is 4.55 Å². The van der Waals surface area contributed by atoms with E-state index >= 15 is 0 Å². The summed E-state index contributed by atoms with van der Waals surface area (Å²) in [6.07, 6.45) is 0. The third kappa shape index (κ3) is 1.38. The molecule has 2 aromatic rings. The predicted octanol–water partition coefficient (Wildman–Crippen LogP) is 2.13. The van der Waals surface area contributed by atoms with Crippen LogP contribution < -0.4 is 0 Å². The van der Waals surface area contributed by atoms with Crippen molar-refractivity contribution < 1.29 is 13.9 Å². The SMILES string of the molecule is O=S(O)c1c(O)ccc2ccccc12. The normalized spacial score (nSPS) is 12.9. The van der Waals surface area contributed by atoms with Crippen LogP contribution in [0.25, 0.3) is 10.8 Å². The molecule has 0 aliphatic rings. The van der Waals surface area contributed by atoms with Crippen LogP contribution in [0.3, 0.4) is 0 Å². The van der Waals surface area contributed by atoms with Crippen molar-refractivity contribution >= 4 is 21.9 Å². The quantitative estimate of drug-likeness (QED) is 0.706. The van der Waals surface area contributed by atoms with E-state index in [2.05, 4.69) is 0 Å². The summed E-state index contributed by atoms with van der Waals surface area (Å²) in [6.45, 7) is 0. The molecule has 0 fully saturated rings. The van der Waals surface area contributed by atoms with Crippen molar-refractivity contribution in [2.24, 2.45) is 0 Å². The second-order valence-corrected chi connectivity index (χ2v) is 3.79. The minimum atomic E-state index is -2.17. The Morgan fingerprint density at radius 3 is 2.50 bits per heavy atom. The van der Waals surface area contributed by atoms with Gasteiger partial charge in [0.2, 0.25) is 0 Å². The molecule has 14 heavy (non-hydrogen) atoms. The summed E-state index contributed by atoms with van der Waals surface area (Å²) in [6, 6.07) is 10.3. The zero-order chi connectivity index (χ0) is 10.1. The Morgan fingerprint density at radius 1 is 1.07 bits per heavy atom. The summed E-state index contributed by atoms with van der Waals surface area (Å²) in [5.74, 6) is -0.149. The molecule has 0 saturated heterocycles. The van der Waals surface area contributed by atoms with Gasteiger partial charge in [0.25, 0.3) is 0 Å². The molecule has 0 heterocycles. The molecule has 0 aromatic heterocycles. The van der Waals surface area contributed by atoms with E-state index in [1.807, 2.05) is 12.1 Å². The molecular weight excluding hydrogens is 200 g/mol. The second kappa shape index (κ2) is 3.40. The molecule has 0 spiro atoms. The fourth-order valence-electron chi connectivity index (χ4n) is 1.42. The molecule has 0 aliphatic carbocycles. The van der Waals surface area contributed by atoms with E-state index < -0.39 is 11.1 Å². The molecule has 0 aliphatic heterocycles. The maximum Gasteiger partial charge on any atom is 0.190 e. The molecule has 3 nitrogen and oxygen atoms in total. The summed E-state index contributed by atoms with van der Waals surface area (Å²) in [5.41, 5.74) is 0. The molecule has 1 atom stereocenters. The molecule has 2 aromatic carbocycles. The second-order valence-electron chi connectivity index (χ2n) is 2.88. The van der Waals surface area contributed by atoms with Gasteiger partial charge in [-0.3, -0.25) is 0 Å². The largest absolute Gasteiger partial charge is 0.507 e. The number of hydrogen-bond acceptors (Lipinski definition) is 2. The highest BCUT2D eigenvalue weighted by atomic mass is 32.2. The van der Waals surface area contributed by atoms with Crippen LogP contribution in [0.4, 0.5) is 0 Å². The lowest BCUT2D eigenvalue weighted by Gasteiger charge is -2.04. The molecule has 0 amide bonds. The lowest BCUT2D eigenvalue weighted by atomic mass is 10.1. The zero-order valence-corrected chi connectivity index (χ0v) is 7.99. The highest BCUT2D eigenvalue weighted by Crippen LogP contribution is 2.29. The van der Waals surface area contributed by atoms with Gasteiger partial charge in [0.15, 0.2) is 11.1 Å². The summed E-state index contributed by atoms with van der Waals surface area (Å²) < 4.78 is 20.0. The van der Waals surface area contributed by atoms with Gasteiger partial charge < -0.3 is 9.66 Å². The average Bonchev–Trinajstić information content (AvgIpc) is 2.17. The minimum absolute atomic E-state index is 0.0723. The van der Waals surface area contributed by atoms with E-state index in [9.17, 15) is 9.32 Å². The van der Waals surface area contributed by atoms with Crippen molar-refractivity contribution in [2.45, 2.75) is 4.90 Å². The number of benzene rings is 2. The van der Waals surface area contributed by atoms with Crippen molar-refractivity contribution in [1.82, 2.24) is 0 Å². The molecule has 4 heteroatoms. The minimum Gasteiger partial charge on any atom is -0.507 e. The lowest BCUT2D eigenvalue weighted by molar-refractivity contribution is 0.459. The highest BCUT2D eigenvalue weighted by Gasteiger charge is 2.11. The number of phenolic OH excluding ortho intramolecular Hbond substituents is 1. The van der Waals surface area contributed by atoms with Crippen LogP contribution >= 0.6 is 0 Å². The first-order chi connectivity index (χ1) is 6.70. The predicted molar refractivity (Wildman–Crippen MR) is 54.7 cm³/mol. The fourth-order valence-corrected chi connectivity index (χ4v) is 2.04. The summed E-state index contributed by atoms with van der Waals surface area (Å²) in [7, 11) is 0. The third-order valence-electron chi connectivity index (χ3n) is 2.03. The Morgan fingerprint density at radius 2 is 1.79 bits per heavy atom. The highest BCUT2D eigenvalue weighted by molar-refractivity contribution is 7.79. The van der Waals surface area contributed by atoms with Crippen LogP contribution in [-0.2, 0) is 11.1 Å². The first-order valence-corrected chi connectivity index (χ1v) is 5.12. The first kappa shape index (κ1) is 9.18. The van der Waals surface area contributed by atoms with Crippen LogP contribution in [-0.4, -0.2) is 13.9 Å². The van der Waals surface area contributed by atoms with Gasteiger partial charge >= 0.3 is 0 Å². The van der Waals surface area contributed by atoms with Crippen LogP contribution in [0, 0.1) is 0 Å². The Hall–Kier alpha value is -1.39. The maximum absolute atomic E-state index is 11.0. The van der Waals surface area contributed by atoms with E-state index in [1.54, 1.807) is 18.2 Å². The van der Waals surface area contributed by atoms with Gasteiger partial charge in [0.1, 0.15) is 10.6 Å². The zero-order valence-electron chi connectivity index (χ0n) is 7.18. The van der Waals surface area contributed by atoms with Crippen LogP contribution in [0.2, 0.25) is 0 Å². The van der Waals surface area contributed by atoms with Crippen molar-refractivity contribution in [3.8, 4) is 5.75 Å². The van der Waals surface area contributed by atoms with E-state index in [0.717, 1.165) is 5.39 Å². The molecule has 1 unspecified atom stereocenters. The first-order valence-electron chi connectivity index (χ1n) is 4.02. The molecule has 72 valence electrons. The summed E-state index contributed by atoms with van der Waals surface area (Å²) in [4.78, 5) is 0.0723. The van der Waals surface area contributed by atoms with Crippen molar-refractivity contribution in [3.63, 3.8) is 0 Å². The molecule has 2 N–H and O–H groups in total. The number of fused-ring (bicyclic) bond motifs is 1. The molecule has 0 saturated carbocycles. The summed E-state index contributed by atoms with van der Waals surface area (Å²) in [5, 5.41) is 10.9. The number of rotatable bonds is 1. The molecule has 0 bridgehead atoms. The van der Waals surface area contributed by atoms with Gasteiger partial charge in [-0.25, -0.2) is 4.21 Å². The van der Waals surface area contributed by atoms with E-state index in [-0.39, 0.29) is 10.6 Å². The van der Waals surface area contributed by atoms with Crippen molar-refractivity contribution in [1.29, 1.82) is 0 Å². The maximum atomic E-state index is 11.0. The van der Waals surface area contributed by atoms with E-state index in [0.29, 0.717) is 5.39 Å². The third-order valence-corrected chi connectivity index (χ3v) is 2.81. The number of hydrogen-bond donors (Lipinski definition) is 2. The van der Waals surface area contributed by atoms with Crippen LogP contribution in [0.5, 0.6) is 5.75 Å². The van der Waals surface area contributed by atoms with Crippen molar-refractivity contribution in [2.75, 3.05) is 0 Å². The van der Waals surface area contributed by atoms with Crippen LogP contribution in [0.15, 0.2) is 41.3 Å². The molecular formula is C10H8O3S.